The van der Waals surface area contributed by atoms with Crippen LogP contribution >= 0.6 is 23.2 Å². The molecule has 5 rings (SSSR count). The molecular weight excluding hydrogens is 584 g/mol. The molecule has 1 fully saturated rings. The first-order chi connectivity index (χ1) is 19.8. The number of carbonyl (C=O) groups is 3. The minimum Gasteiger partial charge on any atom is -0.495 e. The number of hydrogen-bond donors (Lipinski definition) is 4. The van der Waals surface area contributed by atoms with Crippen molar-refractivity contribution >= 4 is 52.4 Å². The SMILES string of the molecule is COc1cc(C(=O)O)ccc1NC(=O)[C@@H]1N[C@H](CC(C)(C)C)[C@]2(C(=O)Nc3cc(Cl)ccc32)C1c1cccc(Cl)c1F. The van der Waals surface area contributed by atoms with Crippen molar-refractivity contribution in [3.63, 3.8) is 0 Å². The van der Waals surface area contributed by atoms with Crippen LogP contribution < -0.4 is 20.7 Å². The molecule has 4 N–H and O–H groups in total. The molecule has 0 radical (unpaired) electrons. The smallest absolute Gasteiger partial charge is 0.335 e. The number of nitrogens with one attached hydrogen (secondary N) is 3. The summed E-state index contributed by atoms with van der Waals surface area (Å²) in [5, 5.41) is 18.8. The minimum atomic E-state index is -1.40. The van der Waals surface area contributed by atoms with E-state index < -0.39 is 41.1 Å². The Bertz CT molecular complexity index is 1610. The number of carboxylic acids is 1. The number of halogens is 3. The van der Waals surface area contributed by atoms with Crippen LogP contribution in [0.3, 0.4) is 0 Å². The molecule has 4 atom stereocenters. The van der Waals surface area contributed by atoms with Gasteiger partial charge in [-0.25, -0.2) is 9.18 Å². The largest absolute Gasteiger partial charge is 0.495 e. The Hall–Kier alpha value is -3.66. The molecule has 2 heterocycles. The highest BCUT2D eigenvalue weighted by Gasteiger charge is 2.66. The lowest BCUT2D eigenvalue weighted by molar-refractivity contribution is -0.122. The second-order valence-corrected chi connectivity index (χ2v) is 12.6. The van der Waals surface area contributed by atoms with E-state index in [4.69, 9.17) is 27.9 Å². The van der Waals surface area contributed by atoms with Crippen LogP contribution in [0.15, 0.2) is 54.6 Å². The van der Waals surface area contributed by atoms with Crippen molar-refractivity contribution in [2.45, 2.75) is 50.6 Å². The molecule has 0 aliphatic carbocycles. The lowest BCUT2D eigenvalue weighted by Gasteiger charge is -2.37. The van der Waals surface area contributed by atoms with Gasteiger partial charge in [-0.15, -0.1) is 0 Å². The number of fused-ring (bicyclic) bond motifs is 2. The summed E-state index contributed by atoms with van der Waals surface area (Å²) in [4.78, 5) is 39.8. The lowest BCUT2D eigenvalue weighted by Crippen LogP contribution is -2.49. The zero-order chi connectivity index (χ0) is 30.6. The van der Waals surface area contributed by atoms with Gasteiger partial charge < -0.3 is 25.8 Å². The average molecular weight is 615 g/mol. The van der Waals surface area contributed by atoms with Gasteiger partial charge in [-0.2, -0.15) is 0 Å². The van der Waals surface area contributed by atoms with Crippen molar-refractivity contribution in [2.75, 3.05) is 17.7 Å². The van der Waals surface area contributed by atoms with Crippen molar-refractivity contribution < 1.29 is 28.6 Å². The zero-order valence-corrected chi connectivity index (χ0v) is 24.9. The average Bonchev–Trinajstić information content (AvgIpc) is 3.39. The molecular formula is C31H30Cl2FN3O5. The fourth-order valence-corrected chi connectivity index (χ4v) is 6.64. The highest BCUT2D eigenvalue weighted by Crippen LogP contribution is 2.57. The van der Waals surface area contributed by atoms with Crippen molar-refractivity contribution in [3.8, 4) is 5.75 Å². The van der Waals surface area contributed by atoms with Gasteiger partial charge in [0.15, 0.2) is 0 Å². The van der Waals surface area contributed by atoms with Gasteiger partial charge in [-0.05, 0) is 59.4 Å². The number of ether oxygens (including phenoxy) is 1. The third-order valence-electron chi connectivity index (χ3n) is 7.93. The zero-order valence-electron chi connectivity index (χ0n) is 23.3. The second-order valence-electron chi connectivity index (χ2n) is 11.8. The molecule has 11 heteroatoms. The first-order valence-corrected chi connectivity index (χ1v) is 14.1. The molecule has 0 bridgehead atoms. The van der Waals surface area contributed by atoms with E-state index in [2.05, 4.69) is 16.0 Å². The lowest BCUT2D eigenvalue weighted by atomic mass is 9.62. The fraction of sp³-hybridized carbons (Fsp3) is 0.323. The van der Waals surface area contributed by atoms with Crippen LogP contribution in [0, 0.1) is 11.2 Å². The van der Waals surface area contributed by atoms with Gasteiger partial charge in [0.1, 0.15) is 17.0 Å². The van der Waals surface area contributed by atoms with Gasteiger partial charge in [-0.3, -0.25) is 9.59 Å². The molecule has 1 spiro atoms. The number of benzene rings is 3. The summed E-state index contributed by atoms with van der Waals surface area (Å²) >= 11 is 12.5. The maximum absolute atomic E-state index is 15.9. The number of carboxylic acid groups (broad SMARTS) is 1. The molecule has 2 aliphatic heterocycles. The van der Waals surface area contributed by atoms with Crippen LogP contribution in [0.25, 0.3) is 0 Å². The Kier molecular flexibility index (Phi) is 7.72. The van der Waals surface area contributed by atoms with E-state index in [0.29, 0.717) is 22.7 Å². The van der Waals surface area contributed by atoms with Crippen LogP contribution in [-0.4, -0.2) is 42.1 Å². The van der Waals surface area contributed by atoms with Crippen LogP contribution in [0.1, 0.15) is 54.6 Å². The summed E-state index contributed by atoms with van der Waals surface area (Å²) in [6.45, 7) is 6.07. The van der Waals surface area contributed by atoms with E-state index >= 15 is 4.39 Å². The highest BCUT2D eigenvalue weighted by atomic mass is 35.5. The Morgan fingerprint density at radius 2 is 1.86 bits per heavy atom. The number of anilines is 2. The summed E-state index contributed by atoms with van der Waals surface area (Å²) in [5.41, 5.74) is -0.301. The predicted molar refractivity (Wildman–Crippen MR) is 159 cm³/mol. The van der Waals surface area contributed by atoms with E-state index in [-0.39, 0.29) is 38.9 Å². The number of hydrogen-bond acceptors (Lipinski definition) is 5. The fourth-order valence-electron chi connectivity index (χ4n) is 6.29. The summed E-state index contributed by atoms with van der Waals surface area (Å²) in [7, 11) is 1.36. The van der Waals surface area contributed by atoms with Gasteiger partial charge in [0.25, 0.3) is 0 Å². The molecule has 3 aromatic carbocycles. The van der Waals surface area contributed by atoms with Crippen LogP contribution in [-0.2, 0) is 15.0 Å². The quantitative estimate of drug-likeness (QED) is 0.262. The number of methoxy groups -OCH3 is 1. The third-order valence-corrected chi connectivity index (χ3v) is 8.45. The molecule has 0 saturated carbocycles. The van der Waals surface area contributed by atoms with Gasteiger partial charge in [0.2, 0.25) is 11.8 Å². The summed E-state index contributed by atoms with van der Waals surface area (Å²) in [5.74, 6) is -3.73. The van der Waals surface area contributed by atoms with E-state index in [1.165, 1.54) is 31.4 Å². The molecule has 2 amide bonds. The third kappa shape index (κ3) is 4.99. The second kappa shape index (κ2) is 10.9. The number of aromatic carboxylic acids is 1. The molecule has 220 valence electrons. The monoisotopic (exact) mass is 613 g/mol. The van der Waals surface area contributed by atoms with Crippen molar-refractivity contribution in [3.05, 3.63) is 87.2 Å². The Morgan fingerprint density at radius 3 is 2.52 bits per heavy atom. The minimum absolute atomic E-state index is 0.0233. The first kappa shape index (κ1) is 29.8. The Morgan fingerprint density at radius 1 is 1.12 bits per heavy atom. The van der Waals surface area contributed by atoms with Gasteiger partial charge in [0, 0.05) is 22.7 Å². The molecule has 2 aliphatic rings. The molecule has 1 unspecified atom stereocenters. The maximum Gasteiger partial charge on any atom is 0.335 e. The number of amides is 2. The van der Waals surface area contributed by atoms with E-state index in [0.717, 1.165) is 0 Å². The Balaban J connectivity index is 1.70. The molecule has 42 heavy (non-hydrogen) atoms. The normalized spacial score (nSPS) is 23.0. The van der Waals surface area contributed by atoms with Crippen molar-refractivity contribution in [1.82, 2.24) is 5.32 Å². The van der Waals surface area contributed by atoms with Gasteiger partial charge >= 0.3 is 5.97 Å². The predicted octanol–water partition coefficient (Wildman–Crippen LogP) is 6.23. The van der Waals surface area contributed by atoms with Crippen LogP contribution in [0.2, 0.25) is 10.0 Å². The van der Waals surface area contributed by atoms with Crippen LogP contribution in [0.4, 0.5) is 15.8 Å². The summed E-state index contributed by atoms with van der Waals surface area (Å²) in [6, 6.07) is 11.9. The maximum atomic E-state index is 15.9. The topological polar surface area (TPSA) is 117 Å². The van der Waals surface area contributed by atoms with Gasteiger partial charge in [0.05, 0.1) is 29.4 Å². The molecule has 3 aromatic rings. The van der Waals surface area contributed by atoms with E-state index in [9.17, 15) is 19.5 Å². The van der Waals surface area contributed by atoms with Crippen molar-refractivity contribution in [1.29, 1.82) is 0 Å². The van der Waals surface area contributed by atoms with E-state index in [1.807, 2.05) is 20.8 Å². The van der Waals surface area contributed by atoms with Crippen LogP contribution in [0.5, 0.6) is 5.75 Å². The van der Waals surface area contributed by atoms with Gasteiger partial charge in [-0.1, -0.05) is 62.2 Å². The summed E-state index contributed by atoms with van der Waals surface area (Å²) < 4.78 is 21.3. The summed E-state index contributed by atoms with van der Waals surface area (Å²) in [6.07, 6.45) is 0.460. The number of carbonyl (C=O) groups excluding carboxylic acids is 2. The highest BCUT2D eigenvalue weighted by molar-refractivity contribution is 6.31. The molecule has 1 saturated heterocycles. The van der Waals surface area contributed by atoms with E-state index in [1.54, 1.807) is 30.3 Å². The first-order valence-electron chi connectivity index (χ1n) is 13.3. The standard InChI is InChI=1S/C31H30Cl2FN3O5/c1-30(2,3)14-23-31(18-10-9-16(32)13-21(18)36-29(31)41)24(17-6-5-7-19(33)25(17)34)26(37-23)27(38)35-20-11-8-15(28(39)40)12-22(20)42-4/h5-13,23-24,26,37H,14H2,1-4H3,(H,35,38)(H,36,41)(H,39,40)/t23-,24?,26-,31+/m1/s1. The molecule has 8 nitrogen and oxygen atoms in total. The van der Waals surface area contributed by atoms with Crippen molar-refractivity contribution in [2.24, 2.45) is 5.41 Å². The Labute approximate surface area is 252 Å². The molecule has 0 aromatic heterocycles. The number of rotatable bonds is 6.